The van der Waals surface area contributed by atoms with Gasteiger partial charge in [-0.1, -0.05) is 0 Å². The number of nitrogens with zero attached hydrogens (tertiary/aromatic N) is 3. The lowest BCUT2D eigenvalue weighted by Crippen LogP contribution is -2.18. The molecule has 0 radical (unpaired) electrons. The fourth-order valence-corrected chi connectivity index (χ4v) is 2.38. The molecule has 7 nitrogen and oxygen atoms in total. The van der Waals surface area contributed by atoms with Gasteiger partial charge in [-0.3, -0.25) is 4.79 Å². The summed E-state index contributed by atoms with van der Waals surface area (Å²) in [6.07, 6.45) is 0. The van der Waals surface area contributed by atoms with Crippen molar-refractivity contribution in [3.8, 4) is 0 Å². The average Bonchev–Trinajstić information content (AvgIpc) is 2.91. The van der Waals surface area contributed by atoms with Crippen molar-refractivity contribution in [3.63, 3.8) is 0 Å². The molecule has 3 N–H and O–H groups in total. The van der Waals surface area contributed by atoms with Gasteiger partial charge in [-0.05, 0) is 25.1 Å². The van der Waals surface area contributed by atoms with E-state index in [0.29, 0.717) is 23.2 Å². The maximum atomic E-state index is 12.1. The van der Waals surface area contributed by atoms with Gasteiger partial charge in [-0.2, -0.15) is 0 Å². The summed E-state index contributed by atoms with van der Waals surface area (Å²) >= 11 is 0. The van der Waals surface area contributed by atoms with Gasteiger partial charge in [0, 0.05) is 36.8 Å². The third-order valence-corrected chi connectivity index (χ3v) is 3.55. The molecular formula is C15H17N5O2. The molecule has 0 aliphatic carbocycles. The molecule has 7 heteroatoms. The number of nitrogen functional groups attached to an aromatic ring is 1. The van der Waals surface area contributed by atoms with Crippen molar-refractivity contribution in [2.75, 3.05) is 11.1 Å². The van der Waals surface area contributed by atoms with Crippen LogP contribution < -0.4 is 16.6 Å². The Morgan fingerprint density at radius 1 is 1.32 bits per heavy atom. The number of aromatic nitrogens is 3. The van der Waals surface area contributed by atoms with E-state index in [2.05, 4.69) is 15.5 Å². The number of hydrogen-bond acceptors (Lipinski definition) is 6. The Morgan fingerprint density at radius 3 is 2.77 bits per heavy atom. The summed E-state index contributed by atoms with van der Waals surface area (Å²) in [7, 11) is 1.73. The molecule has 0 amide bonds. The van der Waals surface area contributed by atoms with Crippen molar-refractivity contribution >= 4 is 22.3 Å². The van der Waals surface area contributed by atoms with E-state index >= 15 is 0 Å². The van der Waals surface area contributed by atoms with Crippen LogP contribution in [0.4, 0.5) is 11.4 Å². The second-order valence-electron chi connectivity index (χ2n) is 5.26. The van der Waals surface area contributed by atoms with Crippen molar-refractivity contribution in [2.45, 2.75) is 19.9 Å². The van der Waals surface area contributed by atoms with Gasteiger partial charge in [0.05, 0.1) is 5.52 Å². The summed E-state index contributed by atoms with van der Waals surface area (Å²) in [5, 5.41) is 11.9. The first-order valence-electron chi connectivity index (χ1n) is 6.91. The van der Waals surface area contributed by atoms with Gasteiger partial charge in [0.2, 0.25) is 11.8 Å². The molecular weight excluding hydrogens is 282 g/mol. The van der Waals surface area contributed by atoms with Gasteiger partial charge >= 0.3 is 0 Å². The highest BCUT2D eigenvalue weighted by Gasteiger charge is 2.15. The largest absolute Gasteiger partial charge is 0.423 e. The van der Waals surface area contributed by atoms with Crippen LogP contribution in [0.5, 0.6) is 0 Å². The molecule has 0 bridgehead atoms. The Hall–Kier alpha value is -2.83. The van der Waals surface area contributed by atoms with Gasteiger partial charge < -0.3 is 20.0 Å². The number of benzene rings is 1. The van der Waals surface area contributed by atoms with E-state index < -0.39 is 0 Å². The van der Waals surface area contributed by atoms with Crippen LogP contribution in [-0.2, 0) is 7.05 Å². The molecule has 0 spiro atoms. The van der Waals surface area contributed by atoms with Crippen molar-refractivity contribution in [1.29, 1.82) is 0 Å². The monoisotopic (exact) mass is 299 g/mol. The number of hydrogen-bond donors (Lipinski definition) is 2. The molecule has 2 heterocycles. The molecule has 1 unspecified atom stereocenters. The summed E-state index contributed by atoms with van der Waals surface area (Å²) in [5.74, 6) is 0.969. The molecule has 0 aliphatic heterocycles. The number of anilines is 2. The molecule has 1 aromatic carbocycles. The molecule has 0 fully saturated rings. The van der Waals surface area contributed by atoms with Crippen LogP contribution in [0.15, 0.2) is 33.5 Å². The molecule has 114 valence electrons. The van der Waals surface area contributed by atoms with Crippen LogP contribution in [0.2, 0.25) is 0 Å². The minimum atomic E-state index is -0.224. The van der Waals surface area contributed by atoms with Crippen LogP contribution >= 0.6 is 0 Å². The Labute approximate surface area is 126 Å². The van der Waals surface area contributed by atoms with Crippen LogP contribution in [0, 0.1) is 6.92 Å². The lowest BCUT2D eigenvalue weighted by molar-refractivity contribution is 0.451. The third-order valence-electron chi connectivity index (χ3n) is 3.55. The van der Waals surface area contributed by atoms with Gasteiger partial charge in [0.25, 0.3) is 5.56 Å². The van der Waals surface area contributed by atoms with E-state index in [9.17, 15) is 4.79 Å². The zero-order valence-corrected chi connectivity index (χ0v) is 12.6. The zero-order valence-electron chi connectivity index (χ0n) is 12.6. The van der Waals surface area contributed by atoms with Crippen molar-refractivity contribution in [2.24, 2.45) is 7.05 Å². The van der Waals surface area contributed by atoms with E-state index in [-0.39, 0.29) is 11.6 Å². The quantitative estimate of drug-likeness (QED) is 0.717. The maximum absolute atomic E-state index is 12.1. The summed E-state index contributed by atoms with van der Waals surface area (Å²) in [6, 6.07) is 6.76. The Bertz CT molecular complexity index is 897. The van der Waals surface area contributed by atoms with Crippen LogP contribution in [0.25, 0.3) is 10.9 Å². The molecule has 2 aromatic heterocycles. The molecule has 22 heavy (non-hydrogen) atoms. The highest BCUT2D eigenvalue weighted by molar-refractivity contribution is 5.93. The number of nitrogens with one attached hydrogen (secondary N) is 1. The highest BCUT2D eigenvalue weighted by Crippen LogP contribution is 2.26. The molecule has 0 aliphatic rings. The summed E-state index contributed by atoms with van der Waals surface area (Å²) in [5.41, 5.74) is 7.89. The van der Waals surface area contributed by atoms with E-state index in [4.69, 9.17) is 10.2 Å². The van der Waals surface area contributed by atoms with Crippen molar-refractivity contribution < 1.29 is 4.42 Å². The van der Waals surface area contributed by atoms with Crippen LogP contribution in [0.3, 0.4) is 0 Å². The molecule has 0 saturated heterocycles. The molecule has 3 aromatic rings. The third kappa shape index (κ3) is 2.41. The first kappa shape index (κ1) is 14.1. The average molecular weight is 299 g/mol. The van der Waals surface area contributed by atoms with Crippen LogP contribution in [0.1, 0.15) is 24.7 Å². The summed E-state index contributed by atoms with van der Waals surface area (Å²) < 4.78 is 7.00. The minimum absolute atomic E-state index is 0.103. The van der Waals surface area contributed by atoms with E-state index in [1.54, 1.807) is 30.7 Å². The number of pyridine rings is 1. The molecule has 0 saturated carbocycles. The fraction of sp³-hybridized carbons (Fsp3) is 0.267. The topological polar surface area (TPSA) is 99.0 Å². The van der Waals surface area contributed by atoms with Gasteiger partial charge in [0.15, 0.2) is 0 Å². The lowest BCUT2D eigenvalue weighted by Gasteiger charge is -2.15. The first-order valence-corrected chi connectivity index (χ1v) is 6.91. The second-order valence-corrected chi connectivity index (χ2v) is 5.26. The lowest BCUT2D eigenvalue weighted by atomic mass is 10.1. The van der Waals surface area contributed by atoms with Crippen molar-refractivity contribution in [1.82, 2.24) is 14.8 Å². The fourth-order valence-electron chi connectivity index (χ4n) is 2.38. The van der Waals surface area contributed by atoms with Gasteiger partial charge in [-0.15, -0.1) is 10.2 Å². The standard InChI is InChI=1S/C15H17N5O2/c1-8(15-19-18-9(2)22-15)17-12-7-14(21)20(3)13-5-4-10(16)6-11(12)13/h4-8,17H,16H2,1-3H3. The van der Waals surface area contributed by atoms with Crippen LogP contribution in [-0.4, -0.2) is 14.8 Å². The van der Waals surface area contributed by atoms with Crippen molar-refractivity contribution in [3.05, 3.63) is 46.4 Å². The van der Waals surface area contributed by atoms with E-state index in [1.807, 2.05) is 19.1 Å². The number of fused-ring (bicyclic) bond motifs is 1. The zero-order chi connectivity index (χ0) is 15.9. The summed E-state index contributed by atoms with van der Waals surface area (Å²) in [4.78, 5) is 12.1. The Morgan fingerprint density at radius 2 is 2.09 bits per heavy atom. The highest BCUT2D eigenvalue weighted by atomic mass is 16.4. The van der Waals surface area contributed by atoms with E-state index in [1.165, 1.54) is 0 Å². The predicted molar refractivity (Wildman–Crippen MR) is 84.7 cm³/mol. The Balaban J connectivity index is 2.08. The number of aryl methyl sites for hydroxylation is 2. The molecule has 3 rings (SSSR count). The van der Waals surface area contributed by atoms with E-state index in [0.717, 1.165) is 10.9 Å². The SMILES string of the molecule is Cc1nnc(C(C)Nc2cc(=O)n(C)c3ccc(N)cc23)o1. The number of rotatable bonds is 3. The normalized spacial score (nSPS) is 12.5. The minimum Gasteiger partial charge on any atom is -0.423 e. The first-order chi connectivity index (χ1) is 10.5. The Kier molecular flexibility index (Phi) is 3.32. The van der Waals surface area contributed by atoms with Gasteiger partial charge in [0.1, 0.15) is 6.04 Å². The van der Waals surface area contributed by atoms with Gasteiger partial charge in [-0.25, -0.2) is 0 Å². The number of nitrogens with two attached hydrogens (primary N) is 1. The molecule has 1 atom stereocenters. The summed E-state index contributed by atoms with van der Waals surface area (Å²) in [6.45, 7) is 3.63. The second kappa shape index (κ2) is 5.18. The smallest absolute Gasteiger partial charge is 0.252 e. The maximum Gasteiger partial charge on any atom is 0.252 e. The predicted octanol–water partition coefficient (Wildman–Crippen LogP) is 1.99.